The number of halogens is 1. The number of carbonyl (C=O) groups is 1. The Morgan fingerprint density at radius 1 is 1.40 bits per heavy atom. The van der Waals surface area contributed by atoms with Crippen LogP contribution in [-0.2, 0) is 9.53 Å². The van der Waals surface area contributed by atoms with Crippen LogP contribution in [0.2, 0.25) is 0 Å². The number of hydrogen-bond donors (Lipinski definition) is 1. The van der Waals surface area contributed by atoms with Crippen molar-refractivity contribution < 1.29 is 9.53 Å². The molecule has 1 amide bonds. The average molecular weight is 234 g/mol. The van der Waals surface area contributed by atoms with Gasteiger partial charge in [-0.15, -0.1) is 11.6 Å². The summed E-state index contributed by atoms with van der Waals surface area (Å²) in [4.78, 5) is 11.4. The molecule has 1 unspecified atom stereocenters. The van der Waals surface area contributed by atoms with Crippen LogP contribution in [-0.4, -0.2) is 31.0 Å². The van der Waals surface area contributed by atoms with E-state index in [9.17, 15) is 4.79 Å². The number of carbonyl (C=O) groups excluding carboxylic acids is 1. The van der Waals surface area contributed by atoms with Crippen molar-refractivity contribution in [3.63, 3.8) is 0 Å². The molecule has 1 heterocycles. The molecule has 0 radical (unpaired) electrons. The molecule has 1 saturated heterocycles. The van der Waals surface area contributed by atoms with Crippen molar-refractivity contribution >= 4 is 17.5 Å². The number of amides is 1. The maximum Gasteiger partial charge on any atom is 0.220 e. The maximum absolute atomic E-state index is 11.4. The van der Waals surface area contributed by atoms with Crippen molar-refractivity contribution in [2.45, 2.75) is 44.6 Å². The molecule has 0 aromatic rings. The SMILES string of the molecule is O=C(CCCCCl)NCC1CCCCO1. The van der Waals surface area contributed by atoms with E-state index in [1.807, 2.05) is 0 Å². The molecule has 15 heavy (non-hydrogen) atoms. The van der Waals surface area contributed by atoms with E-state index in [1.54, 1.807) is 0 Å². The normalized spacial score (nSPS) is 21.3. The second-order valence-corrected chi connectivity index (χ2v) is 4.32. The quantitative estimate of drug-likeness (QED) is 0.564. The van der Waals surface area contributed by atoms with Crippen LogP contribution in [0.3, 0.4) is 0 Å². The zero-order valence-corrected chi connectivity index (χ0v) is 9.89. The standard InChI is InChI=1S/C11H20ClNO2/c12-7-3-1-6-11(14)13-9-10-5-2-4-8-15-10/h10H,1-9H2,(H,13,14). The Balaban J connectivity index is 2.00. The summed E-state index contributed by atoms with van der Waals surface area (Å²) in [5, 5.41) is 2.90. The zero-order chi connectivity index (χ0) is 10.9. The van der Waals surface area contributed by atoms with E-state index >= 15 is 0 Å². The summed E-state index contributed by atoms with van der Waals surface area (Å²) in [7, 11) is 0. The largest absolute Gasteiger partial charge is 0.376 e. The maximum atomic E-state index is 11.4. The highest BCUT2D eigenvalue weighted by Gasteiger charge is 2.14. The Hall–Kier alpha value is -0.280. The van der Waals surface area contributed by atoms with Gasteiger partial charge in [-0.05, 0) is 32.1 Å². The highest BCUT2D eigenvalue weighted by atomic mass is 35.5. The Kier molecular flexibility index (Phi) is 6.77. The van der Waals surface area contributed by atoms with Gasteiger partial charge >= 0.3 is 0 Å². The molecule has 0 saturated carbocycles. The molecule has 1 rings (SSSR count). The van der Waals surface area contributed by atoms with Gasteiger partial charge in [-0.3, -0.25) is 4.79 Å². The van der Waals surface area contributed by atoms with Gasteiger partial charge in [-0.25, -0.2) is 0 Å². The van der Waals surface area contributed by atoms with Gasteiger partial charge in [0.15, 0.2) is 0 Å². The van der Waals surface area contributed by atoms with Gasteiger partial charge in [0.1, 0.15) is 0 Å². The van der Waals surface area contributed by atoms with Crippen LogP contribution in [0.5, 0.6) is 0 Å². The first-order valence-electron chi connectivity index (χ1n) is 5.77. The fourth-order valence-electron chi connectivity index (χ4n) is 1.66. The highest BCUT2D eigenvalue weighted by molar-refractivity contribution is 6.17. The van der Waals surface area contributed by atoms with E-state index in [1.165, 1.54) is 6.42 Å². The monoisotopic (exact) mass is 233 g/mol. The van der Waals surface area contributed by atoms with Gasteiger partial charge in [0.25, 0.3) is 0 Å². The lowest BCUT2D eigenvalue weighted by Gasteiger charge is -2.22. The summed E-state index contributed by atoms with van der Waals surface area (Å²) in [6, 6.07) is 0. The minimum absolute atomic E-state index is 0.120. The molecule has 3 nitrogen and oxygen atoms in total. The molecule has 1 atom stereocenters. The Labute approximate surface area is 96.5 Å². The Morgan fingerprint density at radius 3 is 2.93 bits per heavy atom. The topological polar surface area (TPSA) is 38.3 Å². The summed E-state index contributed by atoms with van der Waals surface area (Å²) >= 11 is 5.53. The van der Waals surface area contributed by atoms with Crippen LogP contribution >= 0.6 is 11.6 Å². The van der Waals surface area contributed by atoms with Gasteiger partial charge in [0.2, 0.25) is 5.91 Å². The van der Waals surface area contributed by atoms with E-state index in [2.05, 4.69) is 5.32 Å². The molecule has 1 N–H and O–H groups in total. The van der Waals surface area contributed by atoms with Crippen LogP contribution in [0.25, 0.3) is 0 Å². The molecule has 1 fully saturated rings. The lowest BCUT2D eigenvalue weighted by molar-refractivity contribution is -0.122. The van der Waals surface area contributed by atoms with Crippen LogP contribution in [0.15, 0.2) is 0 Å². The van der Waals surface area contributed by atoms with Crippen LogP contribution in [0, 0.1) is 0 Å². The van der Waals surface area contributed by atoms with Crippen molar-refractivity contribution in [1.29, 1.82) is 0 Å². The van der Waals surface area contributed by atoms with Gasteiger partial charge in [0.05, 0.1) is 6.10 Å². The summed E-state index contributed by atoms with van der Waals surface area (Å²) in [5.41, 5.74) is 0. The molecule has 0 spiro atoms. The molecule has 0 aliphatic carbocycles. The van der Waals surface area contributed by atoms with Crippen LogP contribution in [0.1, 0.15) is 38.5 Å². The number of nitrogens with one attached hydrogen (secondary N) is 1. The predicted molar refractivity (Wildman–Crippen MR) is 61.2 cm³/mol. The first kappa shape index (κ1) is 12.8. The average Bonchev–Trinajstić information content (AvgIpc) is 2.28. The molecule has 1 aliphatic rings. The smallest absolute Gasteiger partial charge is 0.220 e. The van der Waals surface area contributed by atoms with Crippen molar-refractivity contribution in [3.8, 4) is 0 Å². The van der Waals surface area contributed by atoms with Gasteiger partial charge < -0.3 is 10.1 Å². The third-order valence-electron chi connectivity index (χ3n) is 2.59. The predicted octanol–water partition coefficient (Wildman–Crippen LogP) is 2.08. The summed E-state index contributed by atoms with van der Waals surface area (Å²) in [5.74, 6) is 0.758. The summed E-state index contributed by atoms with van der Waals surface area (Å²) in [6.07, 6.45) is 6.04. The number of rotatable bonds is 6. The molecular weight excluding hydrogens is 214 g/mol. The lowest BCUT2D eigenvalue weighted by atomic mass is 10.1. The highest BCUT2D eigenvalue weighted by Crippen LogP contribution is 2.11. The van der Waals surface area contributed by atoms with Crippen LogP contribution < -0.4 is 5.32 Å². The van der Waals surface area contributed by atoms with E-state index in [0.29, 0.717) is 18.8 Å². The molecule has 0 aromatic heterocycles. The third kappa shape index (κ3) is 6.00. The van der Waals surface area contributed by atoms with Gasteiger partial charge in [-0.1, -0.05) is 0 Å². The van der Waals surface area contributed by atoms with Gasteiger partial charge in [0, 0.05) is 25.5 Å². The van der Waals surface area contributed by atoms with Gasteiger partial charge in [-0.2, -0.15) is 0 Å². The van der Waals surface area contributed by atoms with E-state index < -0.39 is 0 Å². The fourth-order valence-corrected chi connectivity index (χ4v) is 1.85. The second-order valence-electron chi connectivity index (χ2n) is 3.94. The van der Waals surface area contributed by atoms with Crippen molar-refractivity contribution in [3.05, 3.63) is 0 Å². The first-order valence-corrected chi connectivity index (χ1v) is 6.30. The molecule has 88 valence electrons. The molecular formula is C11H20ClNO2. The molecule has 0 aromatic carbocycles. The minimum atomic E-state index is 0.120. The Bertz CT molecular complexity index is 181. The molecule has 1 aliphatic heterocycles. The van der Waals surface area contributed by atoms with Crippen molar-refractivity contribution in [2.24, 2.45) is 0 Å². The number of alkyl halides is 1. The third-order valence-corrected chi connectivity index (χ3v) is 2.86. The number of hydrogen-bond acceptors (Lipinski definition) is 2. The van der Waals surface area contributed by atoms with E-state index in [4.69, 9.17) is 16.3 Å². The zero-order valence-electron chi connectivity index (χ0n) is 9.14. The fraction of sp³-hybridized carbons (Fsp3) is 0.909. The van der Waals surface area contributed by atoms with E-state index in [-0.39, 0.29) is 12.0 Å². The minimum Gasteiger partial charge on any atom is -0.376 e. The van der Waals surface area contributed by atoms with Crippen molar-refractivity contribution in [1.82, 2.24) is 5.32 Å². The Morgan fingerprint density at radius 2 is 2.27 bits per heavy atom. The second kappa shape index (κ2) is 7.94. The first-order chi connectivity index (χ1) is 7.33. The summed E-state index contributed by atoms with van der Waals surface area (Å²) < 4.78 is 5.52. The summed E-state index contributed by atoms with van der Waals surface area (Å²) in [6.45, 7) is 1.51. The number of ether oxygens (including phenoxy) is 1. The molecule has 0 bridgehead atoms. The van der Waals surface area contributed by atoms with Crippen molar-refractivity contribution in [2.75, 3.05) is 19.0 Å². The lowest BCUT2D eigenvalue weighted by Crippen LogP contribution is -2.35. The number of unbranched alkanes of at least 4 members (excludes halogenated alkanes) is 1. The van der Waals surface area contributed by atoms with E-state index in [0.717, 1.165) is 32.3 Å². The molecule has 4 heteroatoms. The van der Waals surface area contributed by atoms with Crippen LogP contribution in [0.4, 0.5) is 0 Å².